The molecule has 0 unspecified atom stereocenters. The number of aromatic nitrogens is 2. The van der Waals surface area contributed by atoms with Crippen LogP contribution in [-0.4, -0.2) is 9.97 Å². The maximum Gasteiger partial charge on any atom is 0.0346 e. The molecule has 0 spiro atoms. The van der Waals surface area contributed by atoms with Gasteiger partial charge in [0, 0.05) is 35.9 Å². The van der Waals surface area contributed by atoms with Gasteiger partial charge in [-0.1, -0.05) is 54.6 Å². The lowest BCUT2D eigenvalue weighted by atomic mass is 9.92. The second-order valence-corrected chi connectivity index (χ2v) is 5.61. The zero-order chi connectivity index (χ0) is 16.2. The van der Waals surface area contributed by atoms with Crippen molar-refractivity contribution in [2.75, 3.05) is 0 Å². The van der Waals surface area contributed by atoms with Gasteiger partial charge in [-0.05, 0) is 40.5 Å². The third-order valence-electron chi connectivity index (χ3n) is 4.07. The Morgan fingerprint density at radius 1 is 0.458 bits per heavy atom. The minimum atomic E-state index is 1.11. The molecule has 2 nitrogen and oxygen atoms in total. The van der Waals surface area contributed by atoms with Gasteiger partial charge in [-0.2, -0.15) is 0 Å². The molecule has 0 N–H and O–H groups in total. The number of hydrogen-bond acceptors (Lipinski definition) is 2. The summed E-state index contributed by atoms with van der Waals surface area (Å²) in [5.74, 6) is 0. The van der Waals surface area contributed by atoms with Crippen molar-refractivity contribution in [3.05, 3.63) is 97.6 Å². The first-order chi connectivity index (χ1) is 11.9. The second kappa shape index (κ2) is 6.47. The van der Waals surface area contributed by atoms with Crippen LogP contribution in [0.4, 0.5) is 0 Å². The predicted molar refractivity (Wildman–Crippen MR) is 98.3 cm³/mol. The average molecular weight is 308 g/mol. The first-order valence-electron chi connectivity index (χ1n) is 7.92. The van der Waals surface area contributed by atoms with Crippen molar-refractivity contribution < 1.29 is 0 Å². The van der Waals surface area contributed by atoms with E-state index in [1.165, 1.54) is 11.1 Å². The Hall–Kier alpha value is -3.26. The molecule has 2 heteroatoms. The molecule has 0 radical (unpaired) electrons. The highest BCUT2D eigenvalue weighted by Crippen LogP contribution is 2.35. The SMILES string of the molecule is c1ccc(-c2ccc(-c3cccnc3)c(-c3cccnc3)c2)cc1. The van der Waals surface area contributed by atoms with Crippen molar-refractivity contribution in [1.29, 1.82) is 0 Å². The Labute approximate surface area is 141 Å². The molecule has 0 saturated heterocycles. The molecule has 0 amide bonds. The van der Waals surface area contributed by atoms with E-state index in [0.717, 1.165) is 22.3 Å². The van der Waals surface area contributed by atoms with Crippen molar-refractivity contribution in [2.45, 2.75) is 0 Å². The van der Waals surface area contributed by atoms with Crippen LogP contribution in [0.5, 0.6) is 0 Å². The van der Waals surface area contributed by atoms with Gasteiger partial charge >= 0.3 is 0 Å². The summed E-state index contributed by atoms with van der Waals surface area (Å²) >= 11 is 0. The summed E-state index contributed by atoms with van der Waals surface area (Å²) in [6, 6.07) is 25.1. The van der Waals surface area contributed by atoms with Gasteiger partial charge < -0.3 is 0 Å². The molecular formula is C22H16N2. The fourth-order valence-corrected chi connectivity index (χ4v) is 2.89. The summed E-state index contributed by atoms with van der Waals surface area (Å²) in [6.45, 7) is 0. The summed E-state index contributed by atoms with van der Waals surface area (Å²) in [5, 5.41) is 0. The maximum atomic E-state index is 4.28. The van der Waals surface area contributed by atoms with Gasteiger partial charge in [0.1, 0.15) is 0 Å². The van der Waals surface area contributed by atoms with Crippen molar-refractivity contribution >= 4 is 0 Å². The van der Waals surface area contributed by atoms with E-state index < -0.39 is 0 Å². The first-order valence-corrected chi connectivity index (χ1v) is 7.92. The van der Waals surface area contributed by atoms with Crippen molar-refractivity contribution in [3.8, 4) is 33.4 Å². The minimum Gasteiger partial charge on any atom is -0.264 e. The molecule has 4 aromatic rings. The summed E-state index contributed by atoms with van der Waals surface area (Å²) in [7, 11) is 0. The van der Waals surface area contributed by atoms with Crippen LogP contribution in [0.1, 0.15) is 0 Å². The van der Waals surface area contributed by atoms with Crippen molar-refractivity contribution in [3.63, 3.8) is 0 Å². The van der Waals surface area contributed by atoms with Gasteiger partial charge in [0.25, 0.3) is 0 Å². The van der Waals surface area contributed by atoms with Gasteiger partial charge in [-0.25, -0.2) is 0 Å². The molecular weight excluding hydrogens is 292 g/mol. The van der Waals surface area contributed by atoms with E-state index >= 15 is 0 Å². The Bertz CT molecular complexity index is 933. The molecule has 4 rings (SSSR count). The highest BCUT2D eigenvalue weighted by atomic mass is 14.6. The van der Waals surface area contributed by atoms with Gasteiger partial charge in [-0.3, -0.25) is 9.97 Å². The van der Waals surface area contributed by atoms with Crippen molar-refractivity contribution in [1.82, 2.24) is 9.97 Å². The normalized spacial score (nSPS) is 10.5. The highest BCUT2D eigenvalue weighted by molar-refractivity contribution is 5.86. The van der Waals surface area contributed by atoms with E-state index in [2.05, 4.69) is 64.6 Å². The van der Waals surface area contributed by atoms with E-state index in [-0.39, 0.29) is 0 Å². The molecule has 0 aliphatic heterocycles. The number of pyridine rings is 2. The summed E-state index contributed by atoms with van der Waals surface area (Å²) in [5.41, 5.74) is 6.95. The Kier molecular flexibility index (Phi) is 3.86. The zero-order valence-corrected chi connectivity index (χ0v) is 13.1. The lowest BCUT2D eigenvalue weighted by Crippen LogP contribution is -1.88. The maximum absolute atomic E-state index is 4.28. The molecule has 0 atom stereocenters. The standard InChI is InChI=1S/C22H16N2/c1-2-6-17(7-3-1)18-10-11-21(19-8-4-12-23-15-19)22(14-18)20-9-5-13-24-16-20/h1-16H. The van der Waals surface area contributed by atoms with Crippen LogP contribution in [-0.2, 0) is 0 Å². The lowest BCUT2D eigenvalue weighted by Gasteiger charge is -2.12. The van der Waals surface area contributed by atoms with Crippen LogP contribution < -0.4 is 0 Å². The Morgan fingerprint density at radius 2 is 1.08 bits per heavy atom. The fraction of sp³-hybridized carbons (Fsp3) is 0. The van der Waals surface area contributed by atoms with E-state index in [4.69, 9.17) is 0 Å². The largest absolute Gasteiger partial charge is 0.264 e. The number of rotatable bonds is 3. The topological polar surface area (TPSA) is 25.8 Å². The summed E-state index contributed by atoms with van der Waals surface area (Å²) < 4.78 is 0. The van der Waals surface area contributed by atoms with Gasteiger partial charge in [0.15, 0.2) is 0 Å². The van der Waals surface area contributed by atoms with Gasteiger partial charge in [-0.15, -0.1) is 0 Å². The van der Waals surface area contributed by atoms with Crippen LogP contribution in [0.15, 0.2) is 97.6 Å². The van der Waals surface area contributed by atoms with E-state index in [9.17, 15) is 0 Å². The average Bonchev–Trinajstić information content (AvgIpc) is 2.69. The number of nitrogens with zero attached hydrogens (tertiary/aromatic N) is 2. The molecule has 2 heterocycles. The van der Waals surface area contributed by atoms with E-state index in [1.54, 1.807) is 12.4 Å². The lowest BCUT2D eigenvalue weighted by molar-refractivity contribution is 1.32. The molecule has 0 fully saturated rings. The number of benzene rings is 2. The Morgan fingerprint density at radius 3 is 1.71 bits per heavy atom. The summed E-state index contributed by atoms with van der Waals surface area (Å²) in [4.78, 5) is 8.54. The van der Waals surface area contributed by atoms with Crippen LogP contribution in [0.2, 0.25) is 0 Å². The first kappa shape index (κ1) is 14.3. The molecule has 0 saturated carbocycles. The van der Waals surface area contributed by atoms with Crippen LogP contribution in [0, 0.1) is 0 Å². The van der Waals surface area contributed by atoms with Crippen LogP contribution in [0.25, 0.3) is 33.4 Å². The highest BCUT2D eigenvalue weighted by Gasteiger charge is 2.10. The van der Waals surface area contributed by atoms with E-state index in [1.807, 2.05) is 30.6 Å². The zero-order valence-electron chi connectivity index (χ0n) is 13.1. The van der Waals surface area contributed by atoms with Crippen molar-refractivity contribution in [2.24, 2.45) is 0 Å². The Balaban J connectivity index is 1.92. The quantitative estimate of drug-likeness (QED) is 0.501. The third-order valence-corrected chi connectivity index (χ3v) is 4.07. The smallest absolute Gasteiger partial charge is 0.0346 e. The van der Waals surface area contributed by atoms with E-state index in [0.29, 0.717) is 0 Å². The molecule has 2 aromatic heterocycles. The summed E-state index contributed by atoms with van der Waals surface area (Å²) in [6.07, 6.45) is 7.40. The molecule has 24 heavy (non-hydrogen) atoms. The fourth-order valence-electron chi connectivity index (χ4n) is 2.89. The molecule has 114 valence electrons. The third kappa shape index (κ3) is 2.82. The van der Waals surface area contributed by atoms with Crippen LogP contribution >= 0.6 is 0 Å². The van der Waals surface area contributed by atoms with Gasteiger partial charge in [0.2, 0.25) is 0 Å². The van der Waals surface area contributed by atoms with Gasteiger partial charge in [0.05, 0.1) is 0 Å². The minimum absolute atomic E-state index is 1.11. The van der Waals surface area contributed by atoms with Crippen LogP contribution in [0.3, 0.4) is 0 Å². The molecule has 2 aromatic carbocycles. The molecule has 0 aliphatic carbocycles. The predicted octanol–water partition coefficient (Wildman–Crippen LogP) is 5.48. The molecule has 0 bridgehead atoms. The molecule has 0 aliphatic rings. The second-order valence-electron chi connectivity index (χ2n) is 5.61. The number of hydrogen-bond donors (Lipinski definition) is 0. The monoisotopic (exact) mass is 308 g/mol.